The molecular formula is C30H39NO11. The number of ether oxygens (including phenoxy) is 8. The molecule has 0 aliphatic carbocycles. The van der Waals surface area contributed by atoms with Gasteiger partial charge in [0.2, 0.25) is 0 Å². The number of β-lactam (4-membered cyclic amide) rings is 1. The summed E-state index contributed by atoms with van der Waals surface area (Å²) < 4.78 is 47.4. The van der Waals surface area contributed by atoms with Gasteiger partial charge in [0, 0.05) is 20.4 Å². The van der Waals surface area contributed by atoms with Gasteiger partial charge in [-0.2, -0.15) is 0 Å². The Morgan fingerprint density at radius 2 is 1.67 bits per heavy atom. The molecule has 4 heterocycles. The standard InChI is InChI=1S/C30H39NO11/c1-17(32)35-15-21-20(37-18(2)33)12-13-23(38-21)39-27-24(31(28(27)34)14-19-10-8-7-9-11-19)26-25(41-30(5,6)42-26)22-16-36-29(3,4)40-22/h7-13,20-27H,14-16H2,1-6H3/t20-,21+,22?,23+,24+,25?,26+,27-/m0/s1. The van der Waals surface area contributed by atoms with Crippen LogP contribution in [0, 0.1) is 0 Å². The lowest BCUT2D eigenvalue weighted by Crippen LogP contribution is -2.72. The Kier molecular flexibility index (Phi) is 8.75. The van der Waals surface area contributed by atoms with E-state index in [1.807, 2.05) is 58.0 Å². The molecule has 0 bridgehead atoms. The molecule has 0 N–H and O–H groups in total. The summed E-state index contributed by atoms with van der Waals surface area (Å²) in [5.74, 6) is -2.99. The van der Waals surface area contributed by atoms with Crippen LogP contribution >= 0.6 is 0 Å². The van der Waals surface area contributed by atoms with Crippen LogP contribution in [0.3, 0.4) is 0 Å². The number of hydrogen-bond donors (Lipinski definition) is 0. The molecule has 5 rings (SSSR count). The zero-order valence-corrected chi connectivity index (χ0v) is 24.7. The second-order valence-corrected chi connectivity index (χ2v) is 11.7. The van der Waals surface area contributed by atoms with E-state index in [4.69, 9.17) is 37.9 Å². The lowest BCUT2D eigenvalue weighted by atomic mass is 9.87. The summed E-state index contributed by atoms with van der Waals surface area (Å²) >= 11 is 0. The van der Waals surface area contributed by atoms with Gasteiger partial charge in [-0.3, -0.25) is 14.4 Å². The van der Waals surface area contributed by atoms with E-state index in [2.05, 4.69) is 0 Å². The molecule has 12 nitrogen and oxygen atoms in total. The maximum atomic E-state index is 13.6. The van der Waals surface area contributed by atoms with Crippen LogP contribution in [0.5, 0.6) is 0 Å². The first-order valence-corrected chi connectivity index (χ1v) is 14.1. The first-order valence-electron chi connectivity index (χ1n) is 14.1. The molecule has 0 spiro atoms. The zero-order valence-electron chi connectivity index (χ0n) is 24.7. The molecule has 1 aromatic carbocycles. The maximum Gasteiger partial charge on any atom is 0.303 e. The second-order valence-electron chi connectivity index (χ2n) is 11.7. The molecule has 1 amide bonds. The predicted molar refractivity (Wildman–Crippen MR) is 144 cm³/mol. The zero-order chi connectivity index (χ0) is 30.2. The highest BCUT2D eigenvalue weighted by molar-refractivity contribution is 5.88. The summed E-state index contributed by atoms with van der Waals surface area (Å²) in [7, 11) is 0. The minimum atomic E-state index is -0.980. The summed E-state index contributed by atoms with van der Waals surface area (Å²) in [4.78, 5) is 38.4. The van der Waals surface area contributed by atoms with Gasteiger partial charge in [-0.1, -0.05) is 30.3 Å². The number of hydrogen-bond acceptors (Lipinski definition) is 11. The van der Waals surface area contributed by atoms with Crippen molar-refractivity contribution in [1.82, 2.24) is 4.90 Å². The highest BCUT2D eigenvalue weighted by Crippen LogP contribution is 2.42. The van der Waals surface area contributed by atoms with Crippen molar-refractivity contribution < 1.29 is 52.3 Å². The van der Waals surface area contributed by atoms with Crippen molar-refractivity contribution in [3.8, 4) is 0 Å². The molecule has 1 aromatic rings. The summed E-state index contributed by atoms with van der Waals surface area (Å²) in [6.07, 6.45) is -1.93. The Balaban J connectivity index is 1.39. The monoisotopic (exact) mass is 589 g/mol. The maximum absolute atomic E-state index is 13.6. The third kappa shape index (κ3) is 6.85. The fraction of sp³-hybridized carbons (Fsp3) is 0.633. The second kappa shape index (κ2) is 12.0. The van der Waals surface area contributed by atoms with Gasteiger partial charge >= 0.3 is 11.9 Å². The van der Waals surface area contributed by atoms with Crippen molar-refractivity contribution in [1.29, 1.82) is 0 Å². The lowest BCUT2D eigenvalue weighted by Gasteiger charge is -2.50. The van der Waals surface area contributed by atoms with Gasteiger partial charge in [-0.15, -0.1) is 0 Å². The lowest BCUT2D eigenvalue weighted by molar-refractivity contribution is -0.246. The molecule has 42 heavy (non-hydrogen) atoms. The molecule has 0 radical (unpaired) electrons. The number of likely N-dealkylation sites (tertiary alicyclic amines) is 1. The van der Waals surface area contributed by atoms with Gasteiger partial charge in [-0.25, -0.2) is 0 Å². The van der Waals surface area contributed by atoms with E-state index in [1.54, 1.807) is 17.1 Å². The highest BCUT2D eigenvalue weighted by atomic mass is 16.8. The van der Waals surface area contributed by atoms with Crippen LogP contribution in [0.1, 0.15) is 47.1 Å². The van der Waals surface area contributed by atoms with Gasteiger partial charge in [0.25, 0.3) is 5.91 Å². The number of rotatable bonds is 9. The number of carbonyl (C=O) groups excluding carboxylic acids is 3. The van der Waals surface area contributed by atoms with E-state index in [-0.39, 0.29) is 12.5 Å². The first-order chi connectivity index (χ1) is 19.8. The minimum Gasteiger partial charge on any atom is -0.463 e. The van der Waals surface area contributed by atoms with Crippen molar-refractivity contribution in [3.63, 3.8) is 0 Å². The fourth-order valence-corrected chi connectivity index (χ4v) is 5.72. The molecule has 0 saturated carbocycles. The minimum absolute atomic E-state index is 0.162. The van der Waals surface area contributed by atoms with Crippen molar-refractivity contribution in [2.75, 3.05) is 13.2 Å². The Morgan fingerprint density at radius 1 is 0.952 bits per heavy atom. The normalized spacial score (nSPS) is 35.1. The highest BCUT2D eigenvalue weighted by Gasteiger charge is 2.61. The molecule has 4 aliphatic heterocycles. The molecule has 8 atom stereocenters. The van der Waals surface area contributed by atoms with Crippen LogP contribution in [0.25, 0.3) is 0 Å². The molecule has 12 heteroatoms. The summed E-state index contributed by atoms with van der Waals surface area (Å²) in [5, 5.41) is 0. The SMILES string of the molecule is CC(=O)OC[C@H]1O[C@H](O[C@@H]2C(=O)N(Cc3ccccc3)[C@@H]2[C@H]2OC(C)(C)OC2C2COC(C)(C)O2)C=C[C@@H]1OC(C)=O. The Bertz CT molecular complexity index is 1180. The number of benzene rings is 1. The van der Waals surface area contributed by atoms with Gasteiger partial charge in [0.15, 0.2) is 24.0 Å². The van der Waals surface area contributed by atoms with Gasteiger partial charge in [-0.05, 0) is 45.4 Å². The fourth-order valence-electron chi connectivity index (χ4n) is 5.72. The van der Waals surface area contributed by atoms with Crippen molar-refractivity contribution in [2.24, 2.45) is 0 Å². The van der Waals surface area contributed by atoms with Crippen LogP contribution in [-0.2, 0) is 58.8 Å². The Morgan fingerprint density at radius 3 is 2.31 bits per heavy atom. The van der Waals surface area contributed by atoms with Gasteiger partial charge < -0.3 is 42.8 Å². The average Bonchev–Trinajstić information content (AvgIpc) is 3.44. The number of carbonyl (C=O) groups is 3. The van der Waals surface area contributed by atoms with E-state index in [0.717, 1.165) is 5.56 Å². The van der Waals surface area contributed by atoms with Crippen molar-refractivity contribution in [2.45, 2.75) is 109 Å². The van der Waals surface area contributed by atoms with Crippen molar-refractivity contribution >= 4 is 17.8 Å². The topological polar surface area (TPSA) is 128 Å². The van der Waals surface area contributed by atoms with E-state index in [1.165, 1.54) is 13.8 Å². The van der Waals surface area contributed by atoms with Gasteiger partial charge in [0.1, 0.15) is 37.1 Å². The smallest absolute Gasteiger partial charge is 0.303 e. The van der Waals surface area contributed by atoms with Gasteiger partial charge in [0.05, 0.1) is 12.6 Å². The average molecular weight is 590 g/mol. The Hall–Kier alpha value is -2.87. The third-order valence-electron chi connectivity index (χ3n) is 7.46. The molecule has 3 fully saturated rings. The molecule has 3 saturated heterocycles. The number of esters is 2. The molecule has 2 unspecified atom stereocenters. The van der Waals surface area contributed by atoms with Crippen LogP contribution < -0.4 is 0 Å². The van der Waals surface area contributed by atoms with Crippen LogP contribution in [-0.4, -0.2) is 96.5 Å². The molecular weight excluding hydrogens is 550 g/mol. The van der Waals surface area contributed by atoms with E-state index in [9.17, 15) is 14.4 Å². The van der Waals surface area contributed by atoms with E-state index in [0.29, 0.717) is 13.2 Å². The van der Waals surface area contributed by atoms with E-state index < -0.39 is 72.5 Å². The number of nitrogens with zero attached hydrogens (tertiary/aromatic N) is 1. The molecule has 4 aliphatic rings. The summed E-state index contributed by atoms with van der Waals surface area (Å²) in [6, 6.07) is 9.09. The van der Waals surface area contributed by atoms with Crippen LogP contribution in [0.15, 0.2) is 42.5 Å². The Labute approximate surface area is 245 Å². The predicted octanol–water partition coefficient (Wildman–Crippen LogP) is 2.23. The first kappa shape index (κ1) is 30.6. The third-order valence-corrected chi connectivity index (χ3v) is 7.46. The quantitative estimate of drug-likeness (QED) is 0.239. The van der Waals surface area contributed by atoms with Crippen LogP contribution in [0.2, 0.25) is 0 Å². The molecule has 0 aromatic heterocycles. The molecule has 230 valence electrons. The number of amides is 1. The van der Waals surface area contributed by atoms with E-state index >= 15 is 0 Å². The summed E-state index contributed by atoms with van der Waals surface area (Å²) in [5.41, 5.74) is 0.949. The largest absolute Gasteiger partial charge is 0.463 e. The van der Waals surface area contributed by atoms with Crippen LogP contribution in [0.4, 0.5) is 0 Å². The summed E-state index contributed by atoms with van der Waals surface area (Å²) in [6.45, 7) is 10.4. The van der Waals surface area contributed by atoms with Crippen molar-refractivity contribution in [3.05, 3.63) is 48.0 Å².